The zero-order valence-electron chi connectivity index (χ0n) is 8.42. The Labute approximate surface area is 93.4 Å². The van der Waals surface area contributed by atoms with E-state index in [1.54, 1.807) is 25.2 Å². The van der Waals surface area contributed by atoms with Gasteiger partial charge >= 0.3 is 0 Å². The van der Waals surface area contributed by atoms with Gasteiger partial charge in [0.05, 0.1) is 16.7 Å². The number of amides is 1. The van der Waals surface area contributed by atoms with Crippen molar-refractivity contribution in [3.8, 4) is 5.75 Å². The highest BCUT2D eigenvalue weighted by atomic mass is 35.5. The van der Waals surface area contributed by atoms with Crippen LogP contribution in [0.4, 0.5) is 0 Å². The highest BCUT2D eigenvalue weighted by Gasteiger charge is 2.26. The van der Waals surface area contributed by atoms with E-state index in [-0.39, 0.29) is 12.0 Å². The molecule has 1 N–H and O–H groups in total. The van der Waals surface area contributed by atoms with Crippen LogP contribution in [0.2, 0.25) is 5.02 Å². The fourth-order valence-corrected chi connectivity index (χ4v) is 1.57. The molecule has 0 unspecified atom stereocenters. The van der Waals surface area contributed by atoms with Gasteiger partial charge in [-0.2, -0.15) is 0 Å². The standard InChI is InChI=1S/C11H12ClNO2/c1-13-11(14)10-8(12)3-2-4-9(10)15-7-5-6-7/h2-4,7H,5-6H2,1H3,(H,13,14). The fourth-order valence-electron chi connectivity index (χ4n) is 1.31. The third-order valence-corrected chi connectivity index (χ3v) is 2.56. The van der Waals surface area contributed by atoms with Crippen molar-refractivity contribution >= 4 is 17.5 Å². The van der Waals surface area contributed by atoms with Gasteiger partial charge in [-0.25, -0.2) is 0 Å². The molecular weight excluding hydrogens is 214 g/mol. The fraction of sp³-hybridized carbons (Fsp3) is 0.364. The van der Waals surface area contributed by atoms with Crippen molar-refractivity contribution in [2.24, 2.45) is 0 Å². The summed E-state index contributed by atoms with van der Waals surface area (Å²) in [4.78, 5) is 11.6. The maximum atomic E-state index is 11.6. The second kappa shape index (κ2) is 4.11. The summed E-state index contributed by atoms with van der Waals surface area (Å²) in [6.07, 6.45) is 2.37. The summed E-state index contributed by atoms with van der Waals surface area (Å²) in [5.74, 6) is 0.362. The first-order valence-corrected chi connectivity index (χ1v) is 5.27. The second-order valence-corrected chi connectivity index (χ2v) is 3.92. The SMILES string of the molecule is CNC(=O)c1c(Cl)cccc1OC1CC1. The summed E-state index contributed by atoms with van der Waals surface area (Å²) >= 11 is 5.97. The van der Waals surface area contributed by atoms with Crippen molar-refractivity contribution < 1.29 is 9.53 Å². The van der Waals surface area contributed by atoms with Crippen molar-refractivity contribution in [3.63, 3.8) is 0 Å². The van der Waals surface area contributed by atoms with Gasteiger partial charge in [0.2, 0.25) is 0 Å². The first kappa shape index (κ1) is 10.3. The smallest absolute Gasteiger partial charge is 0.256 e. The number of nitrogens with one attached hydrogen (secondary N) is 1. The molecule has 1 fully saturated rings. The number of carbonyl (C=O) groups excluding carboxylic acids is 1. The van der Waals surface area contributed by atoms with E-state index in [2.05, 4.69) is 5.32 Å². The van der Waals surface area contributed by atoms with E-state index in [9.17, 15) is 4.79 Å². The normalized spacial score (nSPS) is 14.8. The van der Waals surface area contributed by atoms with Crippen molar-refractivity contribution in [2.75, 3.05) is 7.05 Å². The Morgan fingerprint density at radius 2 is 2.27 bits per heavy atom. The Morgan fingerprint density at radius 1 is 1.53 bits per heavy atom. The number of halogens is 1. The van der Waals surface area contributed by atoms with Crippen LogP contribution < -0.4 is 10.1 Å². The molecule has 15 heavy (non-hydrogen) atoms. The Balaban J connectivity index is 2.33. The molecule has 1 aromatic rings. The van der Waals surface area contributed by atoms with Crippen molar-refractivity contribution in [1.82, 2.24) is 5.32 Å². The maximum Gasteiger partial charge on any atom is 0.256 e. The topological polar surface area (TPSA) is 38.3 Å². The van der Waals surface area contributed by atoms with Gasteiger partial charge in [0.25, 0.3) is 5.91 Å². The van der Waals surface area contributed by atoms with Crippen molar-refractivity contribution in [1.29, 1.82) is 0 Å². The monoisotopic (exact) mass is 225 g/mol. The zero-order chi connectivity index (χ0) is 10.8. The van der Waals surface area contributed by atoms with Gasteiger partial charge < -0.3 is 10.1 Å². The Bertz CT molecular complexity index is 388. The van der Waals surface area contributed by atoms with Gasteiger partial charge in [0.15, 0.2) is 0 Å². The minimum absolute atomic E-state index is 0.212. The van der Waals surface area contributed by atoms with Gasteiger partial charge in [-0.3, -0.25) is 4.79 Å². The molecule has 2 rings (SSSR count). The average Bonchev–Trinajstić information content (AvgIpc) is 3.01. The molecule has 1 aromatic carbocycles. The number of hydrogen-bond acceptors (Lipinski definition) is 2. The number of hydrogen-bond donors (Lipinski definition) is 1. The molecule has 0 aromatic heterocycles. The number of rotatable bonds is 3. The van der Waals surface area contributed by atoms with Crippen molar-refractivity contribution in [3.05, 3.63) is 28.8 Å². The molecule has 3 nitrogen and oxygen atoms in total. The van der Waals surface area contributed by atoms with Crippen LogP contribution in [0.25, 0.3) is 0 Å². The summed E-state index contributed by atoms with van der Waals surface area (Å²) in [5, 5.41) is 2.98. The lowest BCUT2D eigenvalue weighted by atomic mass is 10.2. The molecule has 0 radical (unpaired) electrons. The number of benzene rings is 1. The van der Waals surface area contributed by atoms with Gasteiger partial charge in [-0.1, -0.05) is 17.7 Å². The second-order valence-electron chi connectivity index (χ2n) is 3.51. The first-order valence-electron chi connectivity index (χ1n) is 4.89. The van der Waals surface area contributed by atoms with Crippen LogP contribution in [-0.2, 0) is 0 Å². The summed E-state index contributed by atoms with van der Waals surface area (Å²) in [5.41, 5.74) is 0.425. The van der Waals surface area contributed by atoms with Crippen LogP contribution in [0.5, 0.6) is 5.75 Å². The summed E-state index contributed by atoms with van der Waals surface area (Å²) in [7, 11) is 1.58. The number of carbonyl (C=O) groups is 1. The van der Waals surface area contributed by atoms with Crippen LogP contribution in [0, 0.1) is 0 Å². The molecule has 1 aliphatic rings. The van der Waals surface area contributed by atoms with Crippen LogP contribution in [-0.4, -0.2) is 19.1 Å². The average molecular weight is 226 g/mol. The Kier molecular flexibility index (Phi) is 2.82. The van der Waals surface area contributed by atoms with E-state index in [0.29, 0.717) is 16.3 Å². The van der Waals surface area contributed by atoms with Crippen LogP contribution in [0.15, 0.2) is 18.2 Å². The Morgan fingerprint density at radius 3 is 2.87 bits per heavy atom. The molecule has 0 atom stereocenters. The minimum atomic E-state index is -0.212. The molecule has 1 aliphatic carbocycles. The molecular formula is C11H12ClNO2. The van der Waals surface area contributed by atoms with E-state index >= 15 is 0 Å². The van der Waals surface area contributed by atoms with E-state index in [4.69, 9.17) is 16.3 Å². The van der Waals surface area contributed by atoms with Gasteiger partial charge in [-0.05, 0) is 25.0 Å². The highest BCUT2D eigenvalue weighted by molar-refractivity contribution is 6.34. The van der Waals surface area contributed by atoms with Crippen LogP contribution in [0.3, 0.4) is 0 Å². The van der Waals surface area contributed by atoms with Crippen molar-refractivity contribution in [2.45, 2.75) is 18.9 Å². The quantitative estimate of drug-likeness (QED) is 0.857. The molecule has 0 bridgehead atoms. The summed E-state index contributed by atoms with van der Waals surface area (Å²) in [6, 6.07) is 5.24. The van der Waals surface area contributed by atoms with Gasteiger partial charge in [0, 0.05) is 7.05 Å². The van der Waals surface area contributed by atoms with Crippen LogP contribution in [0.1, 0.15) is 23.2 Å². The van der Waals surface area contributed by atoms with E-state index in [1.165, 1.54) is 0 Å². The third kappa shape index (κ3) is 2.23. The maximum absolute atomic E-state index is 11.6. The van der Waals surface area contributed by atoms with E-state index in [1.807, 2.05) is 0 Å². The third-order valence-electron chi connectivity index (χ3n) is 2.25. The molecule has 0 aliphatic heterocycles. The van der Waals surface area contributed by atoms with E-state index < -0.39 is 0 Å². The molecule has 4 heteroatoms. The molecule has 80 valence electrons. The predicted octanol–water partition coefficient (Wildman–Crippen LogP) is 2.24. The van der Waals surface area contributed by atoms with E-state index in [0.717, 1.165) is 12.8 Å². The summed E-state index contributed by atoms with van der Waals surface area (Å²) < 4.78 is 5.61. The molecule has 1 amide bonds. The highest BCUT2D eigenvalue weighted by Crippen LogP contribution is 2.32. The molecule has 0 saturated heterocycles. The lowest BCUT2D eigenvalue weighted by Gasteiger charge is -2.10. The molecule has 0 heterocycles. The predicted molar refractivity (Wildman–Crippen MR) is 58.5 cm³/mol. The first-order chi connectivity index (χ1) is 7.22. The van der Waals surface area contributed by atoms with Crippen LogP contribution >= 0.6 is 11.6 Å². The lowest BCUT2D eigenvalue weighted by molar-refractivity contribution is 0.0959. The Hall–Kier alpha value is -1.22. The lowest BCUT2D eigenvalue weighted by Crippen LogP contribution is -2.19. The molecule has 0 spiro atoms. The molecule has 1 saturated carbocycles. The van der Waals surface area contributed by atoms with Gasteiger partial charge in [0.1, 0.15) is 5.75 Å². The summed E-state index contributed by atoms with van der Waals surface area (Å²) in [6.45, 7) is 0. The largest absolute Gasteiger partial charge is 0.490 e. The number of ether oxygens (including phenoxy) is 1. The zero-order valence-corrected chi connectivity index (χ0v) is 9.17. The van der Waals surface area contributed by atoms with Gasteiger partial charge in [-0.15, -0.1) is 0 Å². The minimum Gasteiger partial charge on any atom is -0.490 e.